The van der Waals surface area contributed by atoms with Crippen LogP contribution in [0.5, 0.6) is 0 Å². The normalized spacial score (nSPS) is 20.1. The van der Waals surface area contributed by atoms with Gasteiger partial charge in [0.05, 0.1) is 4.91 Å². The minimum Gasteiger partial charge on any atom is -0.382 e. The van der Waals surface area contributed by atoms with Crippen molar-refractivity contribution in [3.05, 3.63) is 31.9 Å². The van der Waals surface area contributed by atoms with E-state index >= 15 is 0 Å². The maximum atomic E-state index is 13.2. The van der Waals surface area contributed by atoms with Gasteiger partial charge in [-0.15, -0.1) is 0 Å². The minimum atomic E-state index is -0.272. The van der Waals surface area contributed by atoms with E-state index in [1.807, 2.05) is 19.9 Å². The highest BCUT2D eigenvalue weighted by atomic mass is 32.2. The predicted molar refractivity (Wildman–Crippen MR) is 137 cm³/mol. The van der Waals surface area contributed by atoms with Crippen LogP contribution in [-0.2, 0) is 16.1 Å². The number of nitrogens with zero attached hydrogens (tertiary/aromatic N) is 4. The van der Waals surface area contributed by atoms with Gasteiger partial charge in [0.25, 0.3) is 11.5 Å². The molecule has 2 aliphatic rings. The third-order valence-electron chi connectivity index (χ3n) is 6.14. The van der Waals surface area contributed by atoms with E-state index < -0.39 is 0 Å². The molecule has 1 aromatic heterocycles. The van der Waals surface area contributed by atoms with Crippen LogP contribution in [0.3, 0.4) is 0 Å². The Morgan fingerprint density at radius 2 is 2.09 bits per heavy atom. The molecule has 0 aliphatic carbocycles. The van der Waals surface area contributed by atoms with E-state index in [9.17, 15) is 14.9 Å². The maximum absolute atomic E-state index is 13.2. The topological polar surface area (TPSA) is 78.6 Å². The summed E-state index contributed by atoms with van der Waals surface area (Å²) in [5.74, 6) is 1.17. The molecule has 1 amide bonds. The number of piperidine rings is 1. The van der Waals surface area contributed by atoms with Crippen molar-refractivity contribution in [3.63, 3.8) is 0 Å². The lowest BCUT2D eigenvalue weighted by Crippen LogP contribution is -2.40. The number of thiocarbonyl (C=S) groups is 1. The Morgan fingerprint density at radius 1 is 1.33 bits per heavy atom. The monoisotopic (exact) mass is 488 g/mol. The molecule has 0 radical (unpaired) electrons. The van der Waals surface area contributed by atoms with Gasteiger partial charge in [0.1, 0.15) is 21.8 Å². The van der Waals surface area contributed by atoms with Gasteiger partial charge >= 0.3 is 0 Å². The largest absolute Gasteiger partial charge is 0.382 e. The zero-order valence-electron chi connectivity index (χ0n) is 19.8. The zero-order chi connectivity index (χ0) is 24.1. The predicted octanol–water partition coefficient (Wildman–Crippen LogP) is 3.91. The molecule has 0 N–H and O–H groups in total. The van der Waals surface area contributed by atoms with Gasteiger partial charge in [0.15, 0.2) is 0 Å². The van der Waals surface area contributed by atoms with Crippen molar-refractivity contribution >= 4 is 46.1 Å². The van der Waals surface area contributed by atoms with Crippen molar-refractivity contribution in [3.8, 4) is 6.07 Å². The number of thioether (sulfide) groups is 1. The van der Waals surface area contributed by atoms with E-state index in [1.54, 1.807) is 16.4 Å². The molecule has 2 saturated heterocycles. The summed E-state index contributed by atoms with van der Waals surface area (Å²) >= 11 is 6.76. The molecule has 7 nitrogen and oxygen atoms in total. The van der Waals surface area contributed by atoms with Gasteiger partial charge in [-0.3, -0.25) is 19.1 Å². The van der Waals surface area contributed by atoms with Crippen LogP contribution in [0.4, 0.5) is 5.82 Å². The number of pyridine rings is 1. The number of carbonyl (C=O) groups excluding carboxylic acids is 1. The highest BCUT2D eigenvalue weighted by Gasteiger charge is 2.33. The smallest absolute Gasteiger partial charge is 0.270 e. The molecule has 1 atom stereocenters. The van der Waals surface area contributed by atoms with Crippen molar-refractivity contribution in [2.24, 2.45) is 5.92 Å². The summed E-state index contributed by atoms with van der Waals surface area (Å²) < 4.78 is 7.59. The number of anilines is 1. The number of hydrogen-bond donors (Lipinski definition) is 0. The Morgan fingerprint density at radius 3 is 2.73 bits per heavy atom. The summed E-state index contributed by atoms with van der Waals surface area (Å²) in [5.41, 5.74) is 1.23. The molecule has 0 saturated carbocycles. The molecule has 2 fully saturated rings. The molecule has 178 valence electrons. The van der Waals surface area contributed by atoms with E-state index in [0.717, 1.165) is 37.3 Å². The summed E-state index contributed by atoms with van der Waals surface area (Å²) in [6, 6.07) is 2.09. The van der Waals surface area contributed by atoms with Crippen LogP contribution in [-0.4, -0.2) is 52.5 Å². The van der Waals surface area contributed by atoms with Gasteiger partial charge in [0, 0.05) is 45.0 Å². The number of aromatic nitrogens is 1. The van der Waals surface area contributed by atoms with Crippen LogP contribution < -0.4 is 10.5 Å². The number of carbonyl (C=O) groups is 1. The summed E-state index contributed by atoms with van der Waals surface area (Å²) in [6.07, 6.45) is 4.73. The second kappa shape index (κ2) is 11.3. The fraction of sp³-hybridized carbons (Fsp3) is 0.583. The number of amides is 1. The van der Waals surface area contributed by atoms with Crippen LogP contribution >= 0.6 is 24.0 Å². The van der Waals surface area contributed by atoms with E-state index in [4.69, 9.17) is 17.0 Å². The van der Waals surface area contributed by atoms with E-state index in [2.05, 4.69) is 17.9 Å². The first-order chi connectivity index (χ1) is 15.8. The van der Waals surface area contributed by atoms with Crippen LogP contribution in [0.25, 0.3) is 6.08 Å². The highest BCUT2D eigenvalue weighted by Crippen LogP contribution is 2.36. The Kier molecular flexibility index (Phi) is 8.74. The van der Waals surface area contributed by atoms with Crippen molar-refractivity contribution < 1.29 is 9.53 Å². The van der Waals surface area contributed by atoms with Crippen LogP contribution in [0.15, 0.2) is 9.70 Å². The number of nitriles is 1. The molecule has 1 aromatic rings. The molecule has 9 heteroatoms. The van der Waals surface area contributed by atoms with Gasteiger partial charge in [-0.1, -0.05) is 30.9 Å². The lowest BCUT2D eigenvalue weighted by atomic mass is 9.98. The zero-order valence-corrected chi connectivity index (χ0v) is 21.5. The molecule has 33 heavy (non-hydrogen) atoms. The van der Waals surface area contributed by atoms with Crippen molar-refractivity contribution in [1.82, 2.24) is 9.47 Å². The third kappa shape index (κ3) is 5.34. The summed E-state index contributed by atoms with van der Waals surface area (Å²) in [6.45, 7) is 11.7. The fourth-order valence-electron chi connectivity index (χ4n) is 4.45. The molecule has 0 bridgehead atoms. The van der Waals surface area contributed by atoms with Gasteiger partial charge in [-0.2, -0.15) is 5.26 Å². The molecular weight excluding hydrogens is 456 g/mol. The van der Waals surface area contributed by atoms with Crippen molar-refractivity contribution in [1.29, 1.82) is 5.26 Å². The number of hydrogen-bond acceptors (Lipinski definition) is 7. The Balaban J connectivity index is 2.07. The van der Waals surface area contributed by atoms with Gasteiger partial charge in [0.2, 0.25) is 0 Å². The SMILES string of the molecule is CCOCCCN1C(=O)C(=Cc2c(C)c(C#N)c(=O)n(CC)c2N2CCCC(C)C2)SC1=S. The van der Waals surface area contributed by atoms with Crippen LogP contribution in [0.1, 0.15) is 56.7 Å². The summed E-state index contributed by atoms with van der Waals surface area (Å²) in [7, 11) is 0. The highest BCUT2D eigenvalue weighted by molar-refractivity contribution is 8.26. The van der Waals surface area contributed by atoms with Crippen molar-refractivity contribution in [2.75, 3.05) is 37.7 Å². The molecule has 0 spiro atoms. The molecule has 3 rings (SSSR count). The standard InChI is InChI=1S/C24H32N4O3S2/c1-5-27-21(26-10-7-9-16(3)15-26)18(17(4)19(14-25)22(27)29)13-20-23(30)28(24(32)33-20)11-8-12-31-6-2/h13,16H,5-12,15H2,1-4H3. The Labute approximate surface area is 205 Å². The second-order valence-corrected chi connectivity index (χ2v) is 10.2. The Hall–Kier alpha value is -2.15. The summed E-state index contributed by atoms with van der Waals surface area (Å²) in [5, 5.41) is 9.71. The first-order valence-electron chi connectivity index (χ1n) is 11.6. The quantitative estimate of drug-likeness (QED) is 0.312. The summed E-state index contributed by atoms with van der Waals surface area (Å²) in [4.78, 5) is 30.7. The van der Waals surface area contributed by atoms with E-state index in [0.29, 0.717) is 53.4 Å². The van der Waals surface area contributed by atoms with Gasteiger partial charge in [-0.25, -0.2) is 0 Å². The van der Waals surface area contributed by atoms with Crippen molar-refractivity contribution in [2.45, 2.75) is 53.5 Å². The fourth-order valence-corrected chi connectivity index (χ4v) is 5.74. The van der Waals surface area contributed by atoms with Gasteiger partial charge in [-0.05, 0) is 57.6 Å². The molecular formula is C24H32N4O3S2. The first-order valence-corrected chi connectivity index (χ1v) is 12.8. The van der Waals surface area contributed by atoms with Crippen LogP contribution in [0.2, 0.25) is 0 Å². The van der Waals surface area contributed by atoms with Crippen LogP contribution in [0, 0.1) is 24.2 Å². The average molecular weight is 489 g/mol. The molecule has 3 heterocycles. The molecule has 0 aromatic carbocycles. The first kappa shape index (κ1) is 25.5. The minimum absolute atomic E-state index is 0.129. The Bertz CT molecular complexity index is 1060. The molecule has 2 aliphatic heterocycles. The lowest BCUT2D eigenvalue weighted by molar-refractivity contribution is -0.122. The second-order valence-electron chi connectivity index (χ2n) is 8.48. The van der Waals surface area contributed by atoms with Gasteiger partial charge < -0.3 is 9.64 Å². The molecule has 1 unspecified atom stereocenters. The average Bonchev–Trinajstić information content (AvgIpc) is 3.05. The van der Waals surface area contributed by atoms with E-state index in [-0.39, 0.29) is 17.0 Å². The van der Waals surface area contributed by atoms with E-state index in [1.165, 1.54) is 11.8 Å². The third-order valence-corrected chi connectivity index (χ3v) is 7.52. The maximum Gasteiger partial charge on any atom is 0.270 e. The number of ether oxygens (including phenoxy) is 1. The number of rotatable bonds is 8. The lowest BCUT2D eigenvalue weighted by Gasteiger charge is -2.35.